The highest BCUT2D eigenvalue weighted by molar-refractivity contribution is 5.44. The molecule has 0 amide bonds. The van der Waals surface area contributed by atoms with E-state index < -0.39 is 0 Å². The molecule has 1 aromatic carbocycles. The Kier molecular flexibility index (Phi) is 5.51. The summed E-state index contributed by atoms with van der Waals surface area (Å²) in [6.07, 6.45) is 8.36. The lowest BCUT2D eigenvalue weighted by Crippen LogP contribution is -2.36. The van der Waals surface area contributed by atoms with Gasteiger partial charge in [-0.05, 0) is 43.4 Å². The van der Waals surface area contributed by atoms with Crippen molar-refractivity contribution in [1.82, 2.24) is 0 Å². The van der Waals surface area contributed by atoms with Crippen LogP contribution >= 0.6 is 0 Å². The smallest absolute Gasteiger partial charge is 0.124 e. The Labute approximate surface area is 128 Å². The molecule has 0 aliphatic heterocycles. The molecule has 1 saturated carbocycles. The number of rotatable bonds is 5. The Bertz CT molecular complexity index is 461. The molecule has 1 aliphatic rings. The molecular formula is C18H29NO2. The molecule has 2 rings (SSSR count). The van der Waals surface area contributed by atoms with Gasteiger partial charge >= 0.3 is 0 Å². The van der Waals surface area contributed by atoms with E-state index in [1.54, 1.807) is 14.2 Å². The summed E-state index contributed by atoms with van der Waals surface area (Å²) in [5.41, 5.74) is 7.61. The summed E-state index contributed by atoms with van der Waals surface area (Å²) in [6, 6.07) is 5.96. The Hall–Kier alpha value is -1.22. The normalized spacial score (nSPS) is 26.2. The number of benzene rings is 1. The highest BCUT2D eigenvalue weighted by Gasteiger charge is 2.33. The fraction of sp³-hybridized carbons (Fsp3) is 0.667. The molecule has 118 valence electrons. The van der Waals surface area contributed by atoms with E-state index in [0.717, 1.165) is 35.8 Å². The van der Waals surface area contributed by atoms with Crippen LogP contribution in [-0.2, 0) is 5.54 Å². The van der Waals surface area contributed by atoms with Crippen LogP contribution in [0.4, 0.5) is 0 Å². The largest absolute Gasteiger partial charge is 0.497 e. The van der Waals surface area contributed by atoms with Gasteiger partial charge in [-0.1, -0.05) is 32.6 Å². The Morgan fingerprint density at radius 1 is 1.19 bits per heavy atom. The van der Waals surface area contributed by atoms with Gasteiger partial charge in [-0.3, -0.25) is 0 Å². The van der Waals surface area contributed by atoms with Gasteiger partial charge in [0.15, 0.2) is 0 Å². The number of nitrogens with two attached hydrogens (primary N) is 1. The average molecular weight is 291 g/mol. The van der Waals surface area contributed by atoms with Crippen molar-refractivity contribution in [1.29, 1.82) is 0 Å². The van der Waals surface area contributed by atoms with Crippen LogP contribution in [0.5, 0.6) is 11.5 Å². The molecule has 0 saturated heterocycles. The second kappa shape index (κ2) is 7.17. The maximum Gasteiger partial charge on any atom is 0.124 e. The van der Waals surface area contributed by atoms with Crippen LogP contribution in [-0.4, -0.2) is 14.2 Å². The first-order valence-electron chi connectivity index (χ1n) is 8.14. The molecule has 2 atom stereocenters. The molecule has 1 fully saturated rings. The number of ether oxygens (including phenoxy) is 2. The third-order valence-corrected chi connectivity index (χ3v) is 4.87. The molecule has 21 heavy (non-hydrogen) atoms. The lowest BCUT2D eigenvalue weighted by atomic mass is 9.82. The summed E-state index contributed by atoms with van der Waals surface area (Å²) < 4.78 is 10.9. The molecule has 0 bridgehead atoms. The standard InChI is InChI=1S/C18H29NO2/c1-4-6-14-7-5-11-18(19,12-10-14)16-13-15(20-2)8-9-17(16)21-3/h8-9,13-14H,4-7,10-12,19H2,1-3H3. The van der Waals surface area contributed by atoms with Crippen molar-refractivity contribution in [2.45, 2.75) is 57.4 Å². The molecule has 0 heterocycles. The Balaban J connectivity index is 2.26. The fourth-order valence-corrected chi connectivity index (χ4v) is 3.61. The van der Waals surface area contributed by atoms with E-state index in [1.807, 2.05) is 12.1 Å². The fourth-order valence-electron chi connectivity index (χ4n) is 3.61. The summed E-state index contributed by atoms with van der Waals surface area (Å²) in [5.74, 6) is 2.56. The zero-order valence-corrected chi connectivity index (χ0v) is 13.7. The van der Waals surface area contributed by atoms with Crippen LogP contribution in [0.2, 0.25) is 0 Å². The van der Waals surface area contributed by atoms with E-state index in [9.17, 15) is 0 Å². The van der Waals surface area contributed by atoms with Crippen molar-refractivity contribution in [2.24, 2.45) is 11.7 Å². The van der Waals surface area contributed by atoms with Crippen LogP contribution in [0, 0.1) is 5.92 Å². The second-order valence-corrected chi connectivity index (χ2v) is 6.31. The molecule has 1 aromatic rings. The Morgan fingerprint density at radius 3 is 2.67 bits per heavy atom. The Morgan fingerprint density at radius 2 is 2.00 bits per heavy atom. The summed E-state index contributed by atoms with van der Waals surface area (Å²) in [7, 11) is 3.41. The van der Waals surface area contributed by atoms with Crippen LogP contribution in [0.25, 0.3) is 0 Å². The van der Waals surface area contributed by atoms with Crippen LogP contribution < -0.4 is 15.2 Å². The zero-order valence-electron chi connectivity index (χ0n) is 13.7. The minimum absolute atomic E-state index is 0.289. The number of methoxy groups -OCH3 is 2. The molecule has 1 aliphatic carbocycles. The summed E-state index contributed by atoms with van der Waals surface area (Å²) in [5, 5.41) is 0. The molecular weight excluding hydrogens is 262 g/mol. The van der Waals surface area contributed by atoms with Crippen molar-refractivity contribution in [3.8, 4) is 11.5 Å². The summed E-state index contributed by atoms with van der Waals surface area (Å²) in [4.78, 5) is 0. The first-order chi connectivity index (χ1) is 10.1. The second-order valence-electron chi connectivity index (χ2n) is 6.31. The maximum absolute atomic E-state index is 6.80. The molecule has 0 spiro atoms. The van der Waals surface area contributed by atoms with Gasteiger partial charge in [-0.15, -0.1) is 0 Å². The monoisotopic (exact) mass is 291 g/mol. The van der Waals surface area contributed by atoms with E-state index in [0.29, 0.717) is 0 Å². The molecule has 3 heteroatoms. The molecule has 0 radical (unpaired) electrons. The van der Waals surface area contributed by atoms with Gasteiger partial charge in [0.05, 0.1) is 14.2 Å². The van der Waals surface area contributed by atoms with Crippen LogP contribution in [0.1, 0.15) is 57.4 Å². The van der Waals surface area contributed by atoms with E-state index >= 15 is 0 Å². The topological polar surface area (TPSA) is 44.5 Å². The summed E-state index contributed by atoms with van der Waals surface area (Å²) >= 11 is 0. The van der Waals surface area contributed by atoms with E-state index in [1.165, 1.54) is 32.1 Å². The maximum atomic E-state index is 6.80. The number of hydrogen-bond acceptors (Lipinski definition) is 3. The van der Waals surface area contributed by atoms with Gasteiger partial charge in [0, 0.05) is 11.1 Å². The number of hydrogen-bond donors (Lipinski definition) is 1. The van der Waals surface area contributed by atoms with Gasteiger partial charge < -0.3 is 15.2 Å². The van der Waals surface area contributed by atoms with Crippen molar-refractivity contribution in [3.05, 3.63) is 23.8 Å². The van der Waals surface area contributed by atoms with E-state index in [4.69, 9.17) is 15.2 Å². The SMILES string of the molecule is CCCC1CCCC(N)(c2cc(OC)ccc2OC)CC1. The molecule has 2 unspecified atom stereocenters. The van der Waals surface area contributed by atoms with Gasteiger partial charge in [0.1, 0.15) is 11.5 Å². The van der Waals surface area contributed by atoms with Gasteiger partial charge in [0.2, 0.25) is 0 Å². The third kappa shape index (κ3) is 3.70. The van der Waals surface area contributed by atoms with Crippen molar-refractivity contribution in [3.63, 3.8) is 0 Å². The minimum atomic E-state index is -0.289. The lowest BCUT2D eigenvalue weighted by molar-refractivity contribution is 0.337. The highest BCUT2D eigenvalue weighted by Crippen LogP contribution is 2.41. The van der Waals surface area contributed by atoms with Crippen molar-refractivity contribution >= 4 is 0 Å². The molecule has 2 N–H and O–H groups in total. The molecule has 0 aromatic heterocycles. The molecule has 3 nitrogen and oxygen atoms in total. The zero-order chi connectivity index (χ0) is 15.3. The predicted molar refractivity (Wildman–Crippen MR) is 86.9 cm³/mol. The summed E-state index contributed by atoms with van der Waals surface area (Å²) in [6.45, 7) is 2.27. The quantitative estimate of drug-likeness (QED) is 0.825. The highest BCUT2D eigenvalue weighted by atomic mass is 16.5. The third-order valence-electron chi connectivity index (χ3n) is 4.87. The van der Waals surface area contributed by atoms with Crippen LogP contribution in [0.15, 0.2) is 18.2 Å². The van der Waals surface area contributed by atoms with Crippen LogP contribution in [0.3, 0.4) is 0 Å². The van der Waals surface area contributed by atoms with Crippen molar-refractivity contribution < 1.29 is 9.47 Å². The van der Waals surface area contributed by atoms with Gasteiger partial charge in [-0.25, -0.2) is 0 Å². The predicted octanol–water partition coefficient (Wildman–Crippen LogP) is 4.24. The van der Waals surface area contributed by atoms with Gasteiger partial charge in [-0.2, -0.15) is 0 Å². The first kappa shape index (κ1) is 16.2. The van der Waals surface area contributed by atoms with E-state index in [2.05, 4.69) is 13.0 Å². The van der Waals surface area contributed by atoms with Gasteiger partial charge in [0.25, 0.3) is 0 Å². The first-order valence-corrected chi connectivity index (χ1v) is 8.14. The minimum Gasteiger partial charge on any atom is -0.497 e. The van der Waals surface area contributed by atoms with Crippen molar-refractivity contribution in [2.75, 3.05) is 14.2 Å². The van der Waals surface area contributed by atoms with E-state index in [-0.39, 0.29) is 5.54 Å². The average Bonchev–Trinajstić information content (AvgIpc) is 2.70. The lowest BCUT2D eigenvalue weighted by Gasteiger charge is -2.30.